The van der Waals surface area contributed by atoms with Crippen LogP contribution >= 0.6 is 0 Å². The fourth-order valence-electron chi connectivity index (χ4n) is 7.05. The fraction of sp³-hybridized carbons (Fsp3) is 0.784. The Morgan fingerprint density at radius 1 is 0.464 bits per heavy atom. The molecular formula is C51H93NO4. The topological polar surface area (TPSA) is 89.8 Å². The Kier molecular flexibility index (Phi) is 44.2. The van der Waals surface area contributed by atoms with Gasteiger partial charge in [0.25, 0.3) is 0 Å². The predicted molar refractivity (Wildman–Crippen MR) is 245 cm³/mol. The molecule has 0 aliphatic rings. The van der Waals surface area contributed by atoms with Crippen LogP contribution in [0.3, 0.4) is 0 Å². The monoisotopic (exact) mass is 784 g/mol. The molecule has 0 saturated carbocycles. The molecule has 0 radical (unpaired) electrons. The van der Waals surface area contributed by atoms with E-state index in [1.807, 2.05) is 6.08 Å². The lowest BCUT2D eigenvalue weighted by Gasteiger charge is -2.21. The smallest absolute Gasteiger partial charge is 0.222 e. The summed E-state index contributed by atoms with van der Waals surface area (Å²) in [5.41, 5.74) is 0. The summed E-state index contributed by atoms with van der Waals surface area (Å²) in [6, 6.07) is -0.773. The highest BCUT2D eigenvalue weighted by Gasteiger charge is 2.20. The Hall–Kier alpha value is -1.95. The Labute approximate surface area is 348 Å². The average molecular weight is 784 g/mol. The van der Waals surface area contributed by atoms with Gasteiger partial charge in [0.2, 0.25) is 5.91 Å². The second-order valence-corrected chi connectivity index (χ2v) is 16.3. The lowest BCUT2D eigenvalue weighted by molar-refractivity contribution is -0.124. The van der Waals surface area contributed by atoms with Gasteiger partial charge in [0.1, 0.15) is 0 Å². The van der Waals surface area contributed by atoms with E-state index in [2.05, 4.69) is 67.8 Å². The fourth-order valence-corrected chi connectivity index (χ4v) is 7.05. The van der Waals surface area contributed by atoms with Crippen LogP contribution < -0.4 is 5.32 Å². The number of hydrogen-bond acceptors (Lipinski definition) is 4. The number of unbranched alkanes of at least 4 members (excludes halogenated alkanes) is 26. The summed E-state index contributed by atoms with van der Waals surface area (Å²) in [6.07, 6.45) is 60.9. The first-order valence-electron chi connectivity index (χ1n) is 24.1. The Morgan fingerprint density at radius 3 is 1.25 bits per heavy atom. The van der Waals surface area contributed by atoms with Gasteiger partial charge in [0.15, 0.2) is 0 Å². The van der Waals surface area contributed by atoms with Crippen LogP contribution in [-0.4, -0.2) is 46.1 Å². The van der Waals surface area contributed by atoms with Gasteiger partial charge in [-0.1, -0.05) is 209 Å². The molecule has 56 heavy (non-hydrogen) atoms. The lowest BCUT2D eigenvalue weighted by atomic mass is 10.0. The van der Waals surface area contributed by atoms with Crippen LogP contribution in [0.5, 0.6) is 0 Å². The predicted octanol–water partition coefficient (Wildman–Crippen LogP) is 14.3. The average Bonchev–Trinajstić information content (AvgIpc) is 3.19. The third kappa shape index (κ3) is 41.7. The number of aliphatic hydroxyl groups is 3. The zero-order chi connectivity index (χ0) is 40.8. The zero-order valence-corrected chi connectivity index (χ0v) is 37.0. The summed E-state index contributed by atoms with van der Waals surface area (Å²) in [5, 5.41) is 33.3. The maximum atomic E-state index is 12.5. The number of amides is 1. The highest BCUT2D eigenvalue weighted by atomic mass is 16.3. The summed E-state index contributed by atoms with van der Waals surface area (Å²) < 4.78 is 0. The molecule has 1 amide bonds. The van der Waals surface area contributed by atoms with Gasteiger partial charge in [0.05, 0.1) is 31.3 Å². The molecule has 0 fully saturated rings. The molecule has 0 bridgehead atoms. The SMILES string of the molecule is CCCCCCCCCC/C=C/CC/C=C/CC/C=C/C(O)C(CO)NC(=O)CC(O)CCCCCCCCC/C=C\C/C=C\CCCCCCCCCCC. The first-order chi connectivity index (χ1) is 27.5. The molecule has 0 aliphatic carbocycles. The number of aliphatic hydroxyl groups excluding tert-OH is 3. The normalized spacial score (nSPS) is 14.0. The Balaban J connectivity index is 3.72. The van der Waals surface area contributed by atoms with Crippen LogP contribution in [0.2, 0.25) is 0 Å². The first kappa shape index (κ1) is 54.0. The second kappa shape index (κ2) is 45.7. The number of hydrogen-bond donors (Lipinski definition) is 4. The zero-order valence-electron chi connectivity index (χ0n) is 37.0. The molecular weight excluding hydrogens is 691 g/mol. The molecule has 0 rings (SSSR count). The summed E-state index contributed by atoms with van der Waals surface area (Å²) in [5.74, 6) is -0.335. The van der Waals surface area contributed by atoms with Crippen LogP contribution in [0.15, 0.2) is 60.8 Å². The third-order valence-corrected chi connectivity index (χ3v) is 10.8. The molecule has 326 valence electrons. The Bertz CT molecular complexity index is 954. The summed E-state index contributed by atoms with van der Waals surface area (Å²) >= 11 is 0. The number of rotatable bonds is 43. The van der Waals surface area contributed by atoms with Crippen LogP contribution in [-0.2, 0) is 4.79 Å². The van der Waals surface area contributed by atoms with Crippen LogP contribution in [0.1, 0.15) is 232 Å². The van der Waals surface area contributed by atoms with Crippen molar-refractivity contribution in [3.63, 3.8) is 0 Å². The minimum atomic E-state index is -0.964. The molecule has 3 unspecified atom stereocenters. The number of allylic oxidation sites excluding steroid dienone is 9. The quantitative estimate of drug-likeness (QED) is 0.0366. The highest BCUT2D eigenvalue weighted by molar-refractivity contribution is 5.76. The lowest BCUT2D eigenvalue weighted by Crippen LogP contribution is -2.45. The molecule has 0 aliphatic heterocycles. The molecule has 5 nitrogen and oxygen atoms in total. The van der Waals surface area contributed by atoms with Gasteiger partial charge in [0, 0.05) is 0 Å². The van der Waals surface area contributed by atoms with Crippen molar-refractivity contribution in [3.8, 4) is 0 Å². The van der Waals surface area contributed by atoms with E-state index >= 15 is 0 Å². The van der Waals surface area contributed by atoms with Crippen molar-refractivity contribution in [2.75, 3.05) is 6.61 Å². The molecule has 0 heterocycles. The molecule has 4 N–H and O–H groups in total. The number of carbonyl (C=O) groups excluding carboxylic acids is 1. The van der Waals surface area contributed by atoms with Crippen LogP contribution in [0, 0.1) is 0 Å². The van der Waals surface area contributed by atoms with Gasteiger partial charge in [-0.05, 0) is 77.0 Å². The second-order valence-electron chi connectivity index (χ2n) is 16.3. The van der Waals surface area contributed by atoms with Crippen molar-refractivity contribution < 1.29 is 20.1 Å². The standard InChI is InChI=1S/C51H93NO4/c1-3-5-7-9-11-13-15-17-19-21-23-24-25-26-27-28-30-32-34-36-38-40-42-44-48(54)46-51(56)52-49(47-53)50(55)45-43-41-39-37-35-33-31-29-22-20-18-16-14-12-10-8-6-4-2/h22-24,26-27,29,35,37,43,45,48-50,53-55H,3-21,25,28,30-34,36,38-42,44,46-47H2,1-2H3,(H,52,56)/b24-23-,27-26-,29-22+,37-35+,45-43+. The molecule has 0 aromatic carbocycles. The van der Waals surface area contributed by atoms with Crippen molar-refractivity contribution in [2.45, 2.75) is 250 Å². The van der Waals surface area contributed by atoms with Gasteiger partial charge >= 0.3 is 0 Å². The van der Waals surface area contributed by atoms with E-state index in [1.165, 1.54) is 154 Å². The number of carbonyl (C=O) groups is 1. The summed E-state index contributed by atoms with van der Waals surface area (Å²) in [7, 11) is 0. The largest absolute Gasteiger partial charge is 0.394 e. The summed E-state index contributed by atoms with van der Waals surface area (Å²) in [4.78, 5) is 12.5. The van der Waals surface area contributed by atoms with Gasteiger partial charge in [-0.3, -0.25) is 4.79 Å². The molecule has 0 saturated heterocycles. The molecule has 0 spiro atoms. The van der Waals surface area contributed by atoms with E-state index in [0.717, 1.165) is 51.4 Å². The van der Waals surface area contributed by atoms with E-state index in [-0.39, 0.29) is 18.9 Å². The minimum absolute atomic E-state index is 0.00523. The van der Waals surface area contributed by atoms with Crippen molar-refractivity contribution >= 4 is 5.91 Å². The Morgan fingerprint density at radius 2 is 0.821 bits per heavy atom. The number of nitrogens with one attached hydrogen (secondary N) is 1. The first-order valence-corrected chi connectivity index (χ1v) is 24.1. The van der Waals surface area contributed by atoms with Crippen LogP contribution in [0.25, 0.3) is 0 Å². The van der Waals surface area contributed by atoms with E-state index in [4.69, 9.17) is 0 Å². The maximum Gasteiger partial charge on any atom is 0.222 e. The van der Waals surface area contributed by atoms with Gasteiger partial charge in [-0.15, -0.1) is 0 Å². The third-order valence-electron chi connectivity index (χ3n) is 10.8. The summed E-state index contributed by atoms with van der Waals surface area (Å²) in [6.45, 7) is 4.19. The molecule has 3 atom stereocenters. The van der Waals surface area contributed by atoms with E-state index in [0.29, 0.717) is 6.42 Å². The van der Waals surface area contributed by atoms with Gasteiger partial charge < -0.3 is 20.6 Å². The molecule has 0 aromatic heterocycles. The van der Waals surface area contributed by atoms with Crippen molar-refractivity contribution in [2.24, 2.45) is 0 Å². The van der Waals surface area contributed by atoms with Crippen molar-refractivity contribution in [3.05, 3.63) is 60.8 Å². The maximum absolute atomic E-state index is 12.5. The van der Waals surface area contributed by atoms with Gasteiger partial charge in [-0.25, -0.2) is 0 Å². The minimum Gasteiger partial charge on any atom is -0.394 e. The van der Waals surface area contributed by atoms with E-state index in [1.54, 1.807) is 6.08 Å². The highest BCUT2D eigenvalue weighted by Crippen LogP contribution is 2.14. The van der Waals surface area contributed by atoms with Crippen molar-refractivity contribution in [1.82, 2.24) is 5.32 Å². The molecule has 5 heteroatoms. The van der Waals surface area contributed by atoms with E-state index in [9.17, 15) is 20.1 Å². The van der Waals surface area contributed by atoms with E-state index < -0.39 is 18.2 Å². The van der Waals surface area contributed by atoms with Crippen molar-refractivity contribution in [1.29, 1.82) is 0 Å². The molecule has 0 aromatic rings. The van der Waals surface area contributed by atoms with Crippen LogP contribution in [0.4, 0.5) is 0 Å². The van der Waals surface area contributed by atoms with Gasteiger partial charge in [-0.2, -0.15) is 0 Å².